The van der Waals surface area contributed by atoms with Crippen LogP contribution < -0.4 is 10.6 Å². The first-order valence-electron chi connectivity index (χ1n) is 7.26. The predicted octanol–water partition coefficient (Wildman–Crippen LogP) is 1.04. The molecule has 2 rings (SSSR count). The van der Waals surface area contributed by atoms with Crippen molar-refractivity contribution in [1.29, 1.82) is 0 Å². The fourth-order valence-electron chi connectivity index (χ4n) is 3.00. The molecule has 0 atom stereocenters. The number of rotatable bonds is 6. The molecule has 1 saturated heterocycles. The molecule has 2 aliphatic rings. The van der Waals surface area contributed by atoms with Crippen molar-refractivity contribution in [2.75, 3.05) is 26.2 Å². The van der Waals surface area contributed by atoms with E-state index >= 15 is 0 Å². The maximum absolute atomic E-state index is 12.5. The summed E-state index contributed by atoms with van der Waals surface area (Å²) in [5.74, 6) is 0.213. The number of hydrogen-bond donors (Lipinski definition) is 3. The van der Waals surface area contributed by atoms with Crippen molar-refractivity contribution in [2.45, 2.75) is 45.4 Å². The molecule has 0 aromatic heterocycles. The predicted molar refractivity (Wildman–Crippen MR) is 71.2 cm³/mol. The van der Waals surface area contributed by atoms with Gasteiger partial charge in [-0.2, -0.15) is 0 Å². The Balaban J connectivity index is 1.91. The van der Waals surface area contributed by atoms with E-state index in [9.17, 15) is 9.90 Å². The third kappa shape index (κ3) is 2.86. The number of carbonyl (C=O) groups excluding carboxylic acids is 1. The second kappa shape index (κ2) is 5.57. The minimum atomic E-state index is -0.161. The maximum Gasteiger partial charge on any atom is 0.226 e. The number of aliphatic hydroxyl groups excluding tert-OH is 1. The lowest BCUT2D eigenvalue weighted by molar-refractivity contribution is -0.133. The third-order valence-electron chi connectivity index (χ3n) is 4.69. The average molecular weight is 254 g/mol. The van der Waals surface area contributed by atoms with E-state index in [-0.39, 0.29) is 23.3 Å². The van der Waals surface area contributed by atoms with Gasteiger partial charge >= 0.3 is 0 Å². The Hall–Kier alpha value is -0.610. The van der Waals surface area contributed by atoms with Gasteiger partial charge in [-0.25, -0.2) is 0 Å². The number of amides is 1. The number of hydrogen-bond acceptors (Lipinski definition) is 3. The first-order chi connectivity index (χ1) is 8.66. The van der Waals surface area contributed by atoms with E-state index in [1.54, 1.807) is 0 Å². The monoisotopic (exact) mass is 254 g/mol. The molecule has 104 valence electrons. The number of piperidine rings is 1. The van der Waals surface area contributed by atoms with Gasteiger partial charge in [0.2, 0.25) is 5.91 Å². The van der Waals surface area contributed by atoms with Gasteiger partial charge in [0.15, 0.2) is 0 Å². The van der Waals surface area contributed by atoms with Crippen LogP contribution in [0.3, 0.4) is 0 Å². The van der Waals surface area contributed by atoms with Crippen LogP contribution in [0.4, 0.5) is 0 Å². The standard InChI is InChI=1S/C14H26N2O2/c1-2-3-14(6-8-15-9-7-14)12(18)16-10-13(11-17)4-5-13/h15,17H,2-11H2,1H3,(H,16,18). The van der Waals surface area contributed by atoms with Crippen molar-refractivity contribution in [3.8, 4) is 0 Å². The number of aliphatic hydroxyl groups is 1. The summed E-state index contributed by atoms with van der Waals surface area (Å²) in [7, 11) is 0. The van der Waals surface area contributed by atoms with Crippen LogP contribution in [0, 0.1) is 10.8 Å². The van der Waals surface area contributed by atoms with Crippen molar-refractivity contribution in [2.24, 2.45) is 10.8 Å². The van der Waals surface area contributed by atoms with Gasteiger partial charge in [0.1, 0.15) is 0 Å². The van der Waals surface area contributed by atoms with Crippen LogP contribution in [0.2, 0.25) is 0 Å². The van der Waals surface area contributed by atoms with Crippen LogP contribution in [0.15, 0.2) is 0 Å². The maximum atomic E-state index is 12.5. The minimum Gasteiger partial charge on any atom is -0.396 e. The van der Waals surface area contributed by atoms with E-state index < -0.39 is 0 Å². The van der Waals surface area contributed by atoms with Gasteiger partial charge in [-0.15, -0.1) is 0 Å². The normalized spacial score (nSPS) is 24.6. The van der Waals surface area contributed by atoms with Crippen LogP contribution in [0.1, 0.15) is 45.4 Å². The van der Waals surface area contributed by atoms with Gasteiger partial charge in [0.05, 0.1) is 12.0 Å². The van der Waals surface area contributed by atoms with E-state index in [2.05, 4.69) is 17.6 Å². The summed E-state index contributed by atoms with van der Waals surface area (Å²) < 4.78 is 0. The summed E-state index contributed by atoms with van der Waals surface area (Å²) in [6, 6.07) is 0. The second-order valence-corrected chi connectivity index (χ2v) is 6.12. The molecule has 0 aromatic carbocycles. The van der Waals surface area contributed by atoms with Crippen molar-refractivity contribution in [3.63, 3.8) is 0 Å². The molecule has 1 saturated carbocycles. The van der Waals surface area contributed by atoms with Crippen LogP contribution in [0.25, 0.3) is 0 Å². The zero-order valence-electron chi connectivity index (χ0n) is 11.4. The molecule has 1 amide bonds. The topological polar surface area (TPSA) is 61.4 Å². The van der Waals surface area contributed by atoms with Crippen molar-refractivity contribution < 1.29 is 9.90 Å². The first kappa shape index (κ1) is 13.8. The summed E-state index contributed by atoms with van der Waals surface area (Å²) >= 11 is 0. The highest BCUT2D eigenvalue weighted by Crippen LogP contribution is 2.44. The summed E-state index contributed by atoms with van der Waals surface area (Å²) in [6.07, 6.45) is 6.01. The lowest BCUT2D eigenvalue weighted by Crippen LogP contribution is -2.49. The Morgan fingerprint density at radius 1 is 1.28 bits per heavy atom. The van der Waals surface area contributed by atoms with Gasteiger partial charge in [0, 0.05) is 12.0 Å². The minimum absolute atomic E-state index is 0.00990. The number of carbonyl (C=O) groups is 1. The van der Waals surface area contributed by atoms with Crippen LogP contribution in [0.5, 0.6) is 0 Å². The van der Waals surface area contributed by atoms with E-state index in [1.165, 1.54) is 0 Å². The Bertz CT molecular complexity index is 289. The second-order valence-electron chi connectivity index (χ2n) is 6.12. The van der Waals surface area contributed by atoms with E-state index in [0.29, 0.717) is 6.54 Å². The number of nitrogens with one attached hydrogen (secondary N) is 2. The zero-order valence-corrected chi connectivity index (χ0v) is 11.4. The van der Waals surface area contributed by atoms with Crippen LogP contribution in [-0.4, -0.2) is 37.3 Å². The highest BCUT2D eigenvalue weighted by atomic mass is 16.3. The van der Waals surface area contributed by atoms with Gasteiger partial charge < -0.3 is 15.7 Å². The molecule has 0 spiro atoms. The molecule has 0 radical (unpaired) electrons. The molecule has 0 aromatic rings. The zero-order chi connectivity index (χ0) is 13.1. The quantitative estimate of drug-likeness (QED) is 0.664. The Morgan fingerprint density at radius 3 is 2.44 bits per heavy atom. The molecule has 18 heavy (non-hydrogen) atoms. The molecule has 0 bridgehead atoms. The first-order valence-corrected chi connectivity index (χ1v) is 7.26. The molecule has 1 aliphatic carbocycles. The lowest BCUT2D eigenvalue weighted by Gasteiger charge is -2.36. The van der Waals surface area contributed by atoms with Gasteiger partial charge in [-0.05, 0) is 45.2 Å². The van der Waals surface area contributed by atoms with Gasteiger partial charge in [-0.1, -0.05) is 13.3 Å². The molecule has 2 fully saturated rings. The van der Waals surface area contributed by atoms with Gasteiger partial charge in [0.25, 0.3) is 0 Å². The van der Waals surface area contributed by atoms with E-state index in [4.69, 9.17) is 0 Å². The SMILES string of the molecule is CCCC1(C(=O)NCC2(CO)CC2)CCNCC1. The van der Waals surface area contributed by atoms with Crippen LogP contribution >= 0.6 is 0 Å². The van der Waals surface area contributed by atoms with E-state index in [0.717, 1.165) is 51.6 Å². The Kier molecular flexibility index (Phi) is 4.28. The summed E-state index contributed by atoms with van der Waals surface area (Å²) in [4.78, 5) is 12.5. The fraction of sp³-hybridized carbons (Fsp3) is 0.929. The highest BCUT2D eigenvalue weighted by Gasteiger charge is 2.44. The summed E-state index contributed by atoms with van der Waals surface area (Å²) in [6.45, 7) is 4.89. The van der Waals surface area contributed by atoms with Crippen molar-refractivity contribution in [3.05, 3.63) is 0 Å². The van der Waals surface area contributed by atoms with E-state index in [1.807, 2.05) is 0 Å². The molecule has 3 N–H and O–H groups in total. The molecule has 4 nitrogen and oxygen atoms in total. The third-order valence-corrected chi connectivity index (χ3v) is 4.69. The van der Waals surface area contributed by atoms with Crippen molar-refractivity contribution >= 4 is 5.91 Å². The Labute approximate surface area is 110 Å². The largest absolute Gasteiger partial charge is 0.396 e. The lowest BCUT2D eigenvalue weighted by atomic mass is 9.74. The van der Waals surface area contributed by atoms with Crippen LogP contribution in [-0.2, 0) is 4.79 Å². The van der Waals surface area contributed by atoms with Gasteiger partial charge in [-0.3, -0.25) is 4.79 Å². The highest BCUT2D eigenvalue weighted by molar-refractivity contribution is 5.82. The molecule has 1 aliphatic heterocycles. The smallest absolute Gasteiger partial charge is 0.226 e. The van der Waals surface area contributed by atoms with Crippen molar-refractivity contribution in [1.82, 2.24) is 10.6 Å². The fourth-order valence-corrected chi connectivity index (χ4v) is 3.00. The molecular weight excluding hydrogens is 228 g/mol. The average Bonchev–Trinajstić information content (AvgIpc) is 3.18. The Morgan fingerprint density at radius 2 is 1.94 bits per heavy atom. The molecular formula is C14H26N2O2. The molecule has 1 heterocycles. The summed E-state index contributed by atoms with van der Waals surface area (Å²) in [5, 5.41) is 15.7. The molecule has 0 unspecified atom stereocenters. The summed E-state index contributed by atoms with van der Waals surface area (Å²) in [5.41, 5.74) is -0.151. The molecule has 4 heteroatoms.